The molecule has 0 aliphatic carbocycles. The summed E-state index contributed by atoms with van der Waals surface area (Å²) in [6.07, 6.45) is 3.29. The van der Waals surface area contributed by atoms with Gasteiger partial charge in [-0.2, -0.15) is 0 Å². The van der Waals surface area contributed by atoms with E-state index in [2.05, 4.69) is 0 Å². The third-order valence-corrected chi connectivity index (χ3v) is 7.61. The highest BCUT2D eigenvalue weighted by Crippen LogP contribution is 2.41. The smallest absolute Gasteiger partial charge is 0.293 e. The Labute approximate surface area is 202 Å². The number of fused-ring (bicyclic) bond motifs is 1. The first kappa shape index (κ1) is 22.7. The van der Waals surface area contributed by atoms with Crippen molar-refractivity contribution in [1.82, 2.24) is 4.90 Å². The lowest BCUT2D eigenvalue weighted by atomic mass is 9.82. The fraction of sp³-hybridized carbons (Fsp3) is 0.440. The first-order valence-electron chi connectivity index (χ1n) is 11.6. The summed E-state index contributed by atoms with van der Waals surface area (Å²) in [6.45, 7) is 4.27. The van der Waals surface area contributed by atoms with Crippen LogP contribution in [0.2, 0.25) is 5.02 Å². The molecule has 8 nitrogen and oxygen atoms in total. The molecule has 3 heterocycles. The monoisotopic (exact) mass is 483 g/mol. The van der Waals surface area contributed by atoms with Gasteiger partial charge in [-0.3, -0.25) is 19.7 Å². The van der Waals surface area contributed by atoms with Crippen molar-refractivity contribution in [3.8, 4) is 5.75 Å². The molecule has 0 unspecified atom stereocenters. The topological polar surface area (TPSA) is 93.0 Å². The number of hydrogen-bond donors (Lipinski definition) is 0. The van der Waals surface area contributed by atoms with Crippen molar-refractivity contribution in [2.75, 3.05) is 31.1 Å². The number of piperidine rings is 1. The van der Waals surface area contributed by atoms with Crippen molar-refractivity contribution in [1.29, 1.82) is 0 Å². The number of carbonyl (C=O) groups excluding carboxylic acids is 2. The molecule has 3 aliphatic heterocycles. The van der Waals surface area contributed by atoms with Gasteiger partial charge in [0, 0.05) is 55.7 Å². The lowest BCUT2D eigenvalue weighted by Crippen LogP contribution is -2.52. The SMILES string of the molecule is Cc1cc2c(cc1Cl)C(=O)CC1(CCN(C(=O)c3ccc(N4CCCC4)c([N+](=O)[O-])c3)CC1)O2. The number of nitrogens with zero attached hydrogens (tertiary/aromatic N) is 3. The Balaban J connectivity index is 1.32. The summed E-state index contributed by atoms with van der Waals surface area (Å²) in [6, 6.07) is 8.23. The van der Waals surface area contributed by atoms with E-state index in [4.69, 9.17) is 16.3 Å². The van der Waals surface area contributed by atoms with E-state index >= 15 is 0 Å². The molecular weight excluding hydrogens is 458 g/mol. The van der Waals surface area contributed by atoms with E-state index in [1.807, 2.05) is 11.8 Å². The third-order valence-electron chi connectivity index (χ3n) is 7.20. The molecule has 9 heteroatoms. The average molecular weight is 484 g/mol. The van der Waals surface area contributed by atoms with E-state index in [1.165, 1.54) is 6.07 Å². The summed E-state index contributed by atoms with van der Waals surface area (Å²) in [5.74, 6) is 0.304. The highest BCUT2D eigenvalue weighted by Gasteiger charge is 2.44. The number of likely N-dealkylation sites (tertiary alicyclic amines) is 1. The number of anilines is 1. The summed E-state index contributed by atoms with van der Waals surface area (Å²) < 4.78 is 6.31. The van der Waals surface area contributed by atoms with Crippen LogP contribution in [0, 0.1) is 17.0 Å². The fourth-order valence-corrected chi connectivity index (χ4v) is 5.39. The van der Waals surface area contributed by atoms with Crippen LogP contribution >= 0.6 is 11.6 Å². The van der Waals surface area contributed by atoms with Gasteiger partial charge in [0.05, 0.1) is 16.9 Å². The van der Waals surface area contributed by atoms with Crippen LogP contribution in [0.5, 0.6) is 5.75 Å². The predicted molar refractivity (Wildman–Crippen MR) is 128 cm³/mol. The molecule has 34 heavy (non-hydrogen) atoms. The zero-order chi connectivity index (χ0) is 24.0. The Bertz CT molecular complexity index is 1180. The molecule has 0 atom stereocenters. The molecule has 3 aliphatic rings. The van der Waals surface area contributed by atoms with Crippen LogP contribution in [-0.4, -0.2) is 53.3 Å². The molecule has 0 radical (unpaired) electrons. The maximum atomic E-state index is 13.2. The summed E-state index contributed by atoms with van der Waals surface area (Å²) in [5, 5.41) is 12.2. The van der Waals surface area contributed by atoms with E-state index in [0.717, 1.165) is 31.5 Å². The van der Waals surface area contributed by atoms with Crippen molar-refractivity contribution in [3.05, 3.63) is 62.2 Å². The molecule has 1 spiro atoms. The summed E-state index contributed by atoms with van der Waals surface area (Å²) in [7, 11) is 0. The minimum absolute atomic E-state index is 0.00365. The number of ketones is 1. The number of hydrogen-bond acceptors (Lipinski definition) is 6. The molecular formula is C25H26ClN3O5. The Morgan fingerprint density at radius 2 is 1.82 bits per heavy atom. The summed E-state index contributed by atoms with van der Waals surface area (Å²) in [4.78, 5) is 41.0. The molecule has 0 aromatic heterocycles. The number of Topliss-reactive ketones (excluding diaryl/α,β-unsaturated/α-hetero) is 1. The quantitative estimate of drug-likeness (QED) is 0.460. The molecule has 1 amide bonds. The number of carbonyl (C=O) groups is 2. The fourth-order valence-electron chi connectivity index (χ4n) is 5.22. The van der Waals surface area contributed by atoms with Gasteiger partial charge in [0.1, 0.15) is 17.0 Å². The van der Waals surface area contributed by atoms with Crippen LogP contribution in [-0.2, 0) is 0 Å². The number of aryl methyl sites for hydroxylation is 1. The lowest BCUT2D eigenvalue weighted by Gasteiger charge is -2.44. The van der Waals surface area contributed by atoms with Gasteiger partial charge >= 0.3 is 0 Å². The van der Waals surface area contributed by atoms with Crippen LogP contribution in [0.15, 0.2) is 30.3 Å². The van der Waals surface area contributed by atoms with Gasteiger partial charge in [-0.05, 0) is 49.6 Å². The van der Waals surface area contributed by atoms with E-state index in [1.54, 1.807) is 29.2 Å². The number of nitro benzene ring substituents is 1. The Hall–Kier alpha value is -3.13. The average Bonchev–Trinajstić information content (AvgIpc) is 3.35. The second kappa shape index (κ2) is 8.58. The van der Waals surface area contributed by atoms with E-state index in [9.17, 15) is 19.7 Å². The van der Waals surface area contributed by atoms with Crippen LogP contribution in [0.1, 0.15) is 58.4 Å². The zero-order valence-corrected chi connectivity index (χ0v) is 19.8. The van der Waals surface area contributed by atoms with Gasteiger partial charge in [0.15, 0.2) is 5.78 Å². The highest BCUT2D eigenvalue weighted by atomic mass is 35.5. The van der Waals surface area contributed by atoms with Crippen LogP contribution in [0.25, 0.3) is 0 Å². The number of amides is 1. The molecule has 2 fully saturated rings. The van der Waals surface area contributed by atoms with E-state index < -0.39 is 10.5 Å². The van der Waals surface area contributed by atoms with Crippen molar-refractivity contribution in [2.24, 2.45) is 0 Å². The van der Waals surface area contributed by atoms with Gasteiger partial charge in [0.25, 0.3) is 11.6 Å². The Morgan fingerprint density at radius 3 is 2.50 bits per heavy atom. The first-order valence-corrected chi connectivity index (χ1v) is 12.0. The zero-order valence-electron chi connectivity index (χ0n) is 19.0. The summed E-state index contributed by atoms with van der Waals surface area (Å²) in [5.41, 5.74) is 1.55. The standard InChI is InChI=1S/C25H26ClN3O5/c1-16-12-23-18(14-19(16)26)22(30)15-25(34-23)6-10-28(11-7-25)24(31)17-4-5-20(21(13-17)29(32)33)27-8-2-3-9-27/h4-5,12-14H,2-3,6-11,15H2,1H3. The van der Waals surface area contributed by atoms with Crippen molar-refractivity contribution in [3.63, 3.8) is 0 Å². The number of ether oxygens (including phenoxy) is 1. The highest BCUT2D eigenvalue weighted by molar-refractivity contribution is 6.31. The van der Waals surface area contributed by atoms with E-state index in [0.29, 0.717) is 53.5 Å². The first-order chi connectivity index (χ1) is 16.3. The van der Waals surface area contributed by atoms with Crippen molar-refractivity contribution >= 4 is 34.7 Å². The molecule has 2 aromatic rings. The molecule has 178 valence electrons. The lowest BCUT2D eigenvalue weighted by molar-refractivity contribution is -0.384. The molecule has 0 bridgehead atoms. The van der Waals surface area contributed by atoms with Gasteiger partial charge in [-0.25, -0.2) is 0 Å². The predicted octanol–water partition coefficient (Wildman–Crippen LogP) is 4.80. The number of benzene rings is 2. The Kier molecular flexibility index (Phi) is 5.72. The normalized spacial score (nSPS) is 19.2. The molecule has 2 saturated heterocycles. The largest absolute Gasteiger partial charge is 0.486 e. The van der Waals surface area contributed by atoms with Gasteiger partial charge < -0.3 is 14.5 Å². The second-order valence-electron chi connectivity index (χ2n) is 9.43. The number of rotatable bonds is 3. The number of halogens is 1. The molecule has 0 saturated carbocycles. The van der Waals surface area contributed by atoms with E-state index in [-0.39, 0.29) is 23.8 Å². The van der Waals surface area contributed by atoms with Gasteiger partial charge in [-0.15, -0.1) is 0 Å². The molecule has 2 aromatic carbocycles. The minimum Gasteiger partial charge on any atom is -0.486 e. The maximum absolute atomic E-state index is 13.2. The third kappa shape index (κ3) is 4.00. The van der Waals surface area contributed by atoms with Gasteiger partial charge in [-0.1, -0.05) is 11.6 Å². The maximum Gasteiger partial charge on any atom is 0.293 e. The minimum atomic E-state index is -0.646. The molecule has 5 rings (SSSR count). The molecule has 0 N–H and O–H groups in total. The van der Waals surface area contributed by atoms with Crippen LogP contribution in [0.3, 0.4) is 0 Å². The number of nitro groups is 1. The second-order valence-corrected chi connectivity index (χ2v) is 9.84. The summed E-state index contributed by atoms with van der Waals surface area (Å²) >= 11 is 6.18. The Morgan fingerprint density at radius 1 is 1.12 bits per heavy atom. The van der Waals surface area contributed by atoms with Crippen molar-refractivity contribution < 1.29 is 19.2 Å². The van der Waals surface area contributed by atoms with Crippen LogP contribution < -0.4 is 9.64 Å². The van der Waals surface area contributed by atoms with Gasteiger partial charge in [0.2, 0.25) is 0 Å². The van der Waals surface area contributed by atoms with Crippen LogP contribution in [0.4, 0.5) is 11.4 Å². The van der Waals surface area contributed by atoms with Crippen molar-refractivity contribution in [2.45, 2.75) is 44.6 Å².